The highest BCUT2D eigenvalue weighted by Crippen LogP contribution is 2.19. The quantitative estimate of drug-likeness (QED) is 0.406. The molecule has 0 spiro atoms. The summed E-state index contributed by atoms with van der Waals surface area (Å²) in [7, 11) is 0. The van der Waals surface area contributed by atoms with Gasteiger partial charge in [-0.05, 0) is 0 Å². The molecule has 0 aliphatic carbocycles. The fraction of sp³-hybridized carbons (Fsp3) is 0.556. The minimum Gasteiger partial charge on any atom is -0.449 e. The zero-order valence-electron chi connectivity index (χ0n) is 8.78. The molecule has 1 saturated heterocycles. The molecule has 1 fully saturated rings. The second kappa shape index (κ2) is 5.02. The molecule has 1 aliphatic heterocycles. The lowest BCUT2D eigenvalue weighted by atomic mass is 10.1. The smallest absolute Gasteiger partial charge is 0.379 e. The number of carbonyl (C=O) groups excluding carboxylic acids is 4. The van der Waals surface area contributed by atoms with Gasteiger partial charge in [0.05, 0.1) is 6.61 Å². The molecule has 2 N–H and O–H groups in total. The SMILES string of the molecule is CC(=O)C(=O)OC1C(=O)C(=O)O[C@@H]1[C@@H](O)CO. The zero-order valence-corrected chi connectivity index (χ0v) is 8.78. The van der Waals surface area contributed by atoms with Gasteiger partial charge in [-0.1, -0.05) is 0 Å². The maximum absolute atomic E-state index is 11.2. The fourth-order valence-electron chi connectivity index (χ4n) is 1.21. The van der Waals surface area contributed by atoms with Crippen LogP contribution >= 0.6 is 0 Å². The van der Waals surface area contributed by atoms with E-state index in [4.69, 9.17) is 5.11 Å². The van der Waals surface area contributed by atoms with Crippen LogP contribution in [0, 0.1) is 0 Å². The molecule has 1 heterocycles. The van der Waals surface area contributed by atoms with Crippen LogP contribution in [0.25, 0.3) is 0 Å². The molecule has 0 saturated carbocycles. The van der Waals surface area contributed by atoms with Crippen LogP contribution < -0.4 is 0 Å². The average Bonchev–Trinajstić information content (AvgIpc) is 2.56. The first-order valence-corrected chi connectivity index (χ1v) is 4.63. The van der Waals surface area contributed by atoms with Crippen molar-refractivity contribution in [3.05, 3.63) is 0 Å². The Kier molecular flexibility index (Phi) is 3.92. The van der Waals surface area contributed by atoms with Crippen molar-refractivity contribution in [1.82, 2.24) is 0 Å². The van der Waals surface area contributed by atoms with Crippen LogP contribution in [0.3, 0.4) is 0 Å². The Morgan fingerprint density at radius 3 is 2.53 bits per heavy atom. The van der Waals surface area contributed by atoms with Gasteiger partial charge in [0.25, 0.3) is 5.78 Å². The molecule has 0 bridgehead atoms. The maximum atomic E-state index is 11.2. The lowest BCUT2D eigenvalue weighted by Crippen LogP contribution is -2.42. The molecule has 0 radical (unpaired) electrons. The molecule has 0 aromatic rings. The number of esters is 2. The van der Waals surface area contributed by atoms with E-state index in [1.807, 2.05) is 0 Å². The van der Waals surface area contributed by atoms with Crippen LogP contribution in [0.2, 0.25) is 0 Å². The molecule has 1 rings (SSSR count). The van der Waals surface area contributed by atoms with E-state index in [1.165, 1.54) is 0 Å². The van der Waals surface area contributed by atoms with Crippen LogP contribution in [-0.2, 0) is 28.7 Å². The number of carbonyl (C=O) groups is 4. The third-order valence-corrected chi connectivity index (χ3v) is 2.09. The fourth-order valence-corrected chi connectivity index (χ4v) is 1.21. The summed E-state index contributed by atoms with van der Waals surface area (Å²) in [4.78, 5) is 43.8. The molecule has 3 atom stereocenters. The number of aliphatic hydroxyl groups excluding tert-OH is 2. The van der Waals surface area contributed by atoms with Crippen LogP contribution in [0.1, 0.15) is 6.92 Å². The van der Waals surface area contributed by atoms with Gasteiger partial charge in [0, 0.05) is 6.92 Å². The van der Waals surface area contributed by atoms with Gasteiger partial charge >= 0.3 is 11.9 Å². The Hall–Kier alpha value is -1.80. The molecule has 94 valence electrons. The van der Waals surface area contributed by atoms with Gasteiger partial charge in [-0.2, -0.15) is 0 Å². The van der Waals surface area contributed by atoms with E-state index in [2.05, 4.69) is 9.47 Å². The van der Waals surface area contributed by atoms with Gasteiger partial charge in [-0.25, -0.2) is 9.59 Å². The molecule has 17 heavy (non-hydrogen) atoms. The second-order valence-electron chi connectivity index (χ2n) is 3.37. The highest BCUT2D eigenvalue weighted by atomic mass is 16.6. The largest absolute Gasteiger partial charge is 0.449 e. The Balaban J connectivity index is 2.84. The van der Waals surface area contributed by atoms with E-state index < -0.39 is 48.4 Å². The number of ether oxygens (including phenoxy) is 2. The van der Waals surface area contributed by atoms with Crippen LogP contribution in [0.4, 0.5) is 0 Å². The van der Waals surface area contributed by atoms with Crippen molar-refractivity contribution in [1.29, 1.82) is 0 Å². The van der Waals surface area contributed by atoms with E-state index in [0.717, 1.165) is 6.92 Å². The van der Waals surface area contributed by atoms with E-state index >= 15 is 0 Å². The highest BCUT2D eigenvalue weighted by Gasteiger charge is 2.49. The number of cyclic esters (lactones) is 1. The Morgan fingerprint density at radius 1 is 1.47 bits per heavy atom. The third kappa shape index (κ3) is 2.66. The monoisotopic (exact) mass is 246 g/mol. The standard InChI is InChI=1S/C9H10O8/c1-3(11)8(14)17-7-5(13)9(15)16-6(7)4(12)2-10/h4,6-7,10,12H,2H2,1H3/t4-,6+,7?/m0/s1. The first-order valence-electron chi connectivity index (χ1n) is 4.63. The van der Waals surface area contributed by atoms with Crippen LogP contribution in [0.15, 0.2) is 0 Å². The molecule has 0 aromatic carbocycles. The summed E-state index contributed by atoms with van der Waals surface area (Å²) in [5, 5.41) is 17.9. The Labute approximate surface area is 95.1 Å². The van der Waals surface area contributed by atoms with Crippen molar-refractivity contribution in [2.45, 2.75) is 25.2 Å². The first-order chi connectivity index (χ1) is 7.88. The normalized spacial score (nSPS) is 25.4. The van der Waals surface area contributed by atoms with Crippen LogP contribution in [0.5, 0.6) is 0 Å². The molecule has 8 heteroatoms. The summed E-state index contributed by atoms with van der Waals surface area (Å²) in [5.41, 5.74) is 0. The highest BCUT2D eigenvalue weighted by molar-refractivity contribution is 6.39. The summed E-state index contributed by atoms with van der Waals surface area (Å²) in [6.07, 6.45) is -4.78. The summed E-state index contributed by atoms with van der Waals surface area (Å²) >= 11 is 0. The number of aliphatic hydroxyl groups is 2. The number of ketones is 2. The van der Waals surface area contributed by atoms with Gasteiger partial charge < -0.3 is 19.7 Å². The van der Waals surface area contributed by atoms with E-state index in [0.29, 0.717) is 0 Å². The molecule has 1 aliphatic rings. The number of rotatable bonds is 4. The van der Waals surface area contributed by atoms with Crippen molar-refractivity contribution in [3.8, 4) is 0 Å². The van der Waals surface area contributed by atoms with E-state index in [9.17, 15) is 24.3 Å². The predicted molar refractivity (Wildman–Crippen MR) is 48.5 cm³/mol. The van der Waals surface area contributed by atoms with Crippen molar-refractivity contribution in [2.75, 3.05) is 6.61 Å². The molecule has 1 unspecified atom stereocenters. The minimum atomic E-state index is -1.71. The van der Waals surface area contributed by atoms with E-state index in [-0.39, 0.29) is 0 Å². The van der Waals surface area contributed by atoms with Crippen molar-refractivity contribution < 1.29 is 38.9 Å². The summed E-state index contributed by atoms with van der Waals surface area (Å²) in [6.45, 7) is 0.126. The number of hydrogen-bond acceptors (Lipinski definition) is 8. The molecule has 0 amide bonds. The maximum Gasteiger partial charge on any atom is 0.379 e. The average molecular weight is 246 g/mol. The lowest BCUT2D eigenvalue weighted by Gasteiger charge is -2.19. The molecular weight excluding hydrogens is 236 g/mol. The van der Waals surface area contributed by atoms with Gasteiger partial charge in [-0.3, -0.25) is 9.59 Å². The second-order valence-corrected chi connectivity index (χ2v) is 3.37. The van der Waals surface area contributed by atoms with Crippen molar-refractivity contribution in [3.63, 3.8) is 0 Å². The van der Waals surface area contributed by atoms with Crippen LogP contribution in [-0.4, -0.2) is 58.6 Å². The molecular formula is C9H10O8. The van der Waals surface area contributed by atoms with Gasteiger partial charge in [-0.15, -0.1) is 0 Å². The first kappa shape index (κ1) is 13.3. The van der Waals surface area contributed by atoms with E-state index in [1.54, 1.807) is 0 Å². The van der Waals surface area contributed by atoms with Gasteiger partial charge in [0.15, 0.2) is 6.10 Å². The van der Waals surface area contributed by atoms with Crippen molar-refractivity contribution in [2.24, 2.45) is 0 Å². The number of hydrogen-bond donors (Lipinski definition) is 2. The molecule has 0 aromatic heterocycles. The topological polar surface area (TPSA) is 127 Å². The summed E-state index contributed by atoms with van der Waals surface area (Å²) in [6, 6.07) is 0. The summed E-state index contributed by atoms with van der Waals surface area (Å²) < 4.78 is 8.87. The van der Waals surface area contributed by atoms with Gasteiger partial charge in [0.1, 0.15) is 6.10 Å². The lowest BCUT2D eigenvalue weighted by molar-refractivity contribution is -0.164. The number of Topliss-reactive ketones (excluding diaryl/α,β-unsaturated/α-hetero) is 2. The predicted octanol–water partition coefficient (Wildman–Crippen LogP) is -2.67. The zero-order chi connectivity index (χ0) is 13.2. The Morgan fingerprint density at radius 2 is 2.06 bits per heavy atom. The molecule has 8 nitrogen and oxygen atoms in total. The van der Waals surface area contributed by atoms with Gasteiger partial charge in [0.2, 0.25) is 11.9 Å². The Bertz CT molecular complexity index is 373. The van der Waals surface area contributed by atoms with Crippen molar-refractivity contribution >= 4 is 23.5 Å². The third-order valence-electron chi connectivity index (χ3n) is 2.09. The summed E-state index contributed by atoms with van der Waals surface area (Å²) in [5.74, 6) is -4.76. The minimum absolute atomic E-state index is 0.792.